The lowest BCUT2D eigenvalue weighted by Crippen LogP contribution is -2.29. The number of amides is 2. The van der Waals surface area contributed by atoms with E-state index in [1.807, 2.05) is 43.3 Å². The number of anilines is 3. The average molecular weight is 554 g/mol. The summed E-state index contributed by atoms with van der Waals surface area (Å²) in [4.78, 5) is 46.3. The zero-order chi connectivity index (χ0) is 29.6. The van der Waals surface area contributed by atoms with Gasteiger partial charge in [-0.1, -0.05) is 37.0 Å². The fraction of sp³-hybridized carbons (Fsp3) is 0.258. The standard InChI is InChI=1S/C31H35N7O3/c1-4-17-33-30-25(20-35-31(37-30)36-26-15-13-24(14-16-26)29(32)41)12-11-22-7-9-23(10-8-22)19-27(39)21-34-28(40)6-5-18-38(2)3/h5-10,13-16,20H,4,17-19,21H2,1-3H3,(H2,32,41)(H,34,40)(H2,33,35,36,37)/b6-5+. The van der Waals surface area contributed by atoms with Crippen LogP contribution in [0.15, 0.2) is 66.9 Å². The molecule has 0 unspecified atom stereocenters. The van der Waals surface area contributed by atoms with Crippen LogP contribution in [-0.4, -0.2) is 66.2 Å². The first-order valence-corrected chi connectivity index (χ1v) is 13.2. The molecule has 5 N–H and O–H groups in total. The summed E-state index contributed by atoms with van der Waals surface area (Å²) in [5.41, 5.74) is 8.69. The minimum Gasteiger partial charge on any atom is -0.369 e. The number of ketones is 1. The van der Waals surface area contributed by atoms with E-state index in [-0.39, 0.29) is 24.7 Å². The van der Waals surface area contributed by atoms with Gasteiger partial charge in [0.05, 0.1) is 18.3 Å². The van der Waals surface area contributed by atoms with Gasteiger partial charge >= 0.3 is 0 Å². The highest BCUT2D eigenvalue weighted by molar-refractivity contribution is 5.93. The Morgan fingerprint density at radius 3 is 2.41 bits per heavy atom. The van der Waals surface area contributed by atoms with Gasteiger partial charge in [0.25, 0.3) is 0 Å². The first-order valence-electron chi connectivity index (χ1n) is 13.2. The number of carbonyl (C=O) groups excluding carboxylic acids is 3. The van der Waals surface area contributed by atoms with Crippen LogP contribution in [0.4, 0.5) is 17.5 Å². The van der Waals surface area contributed by atoms with E-state index in [0.717, 1.165) is 17.5 Å². The largest absolute Gasteiger partial charge is 0.369 e. The molecule has 10 nitrogen and oxygen atoms in total. The SMILES string of the molecule is CCCNc1nc(Nc2ccc(C(N)=O)cc2)ncc1C#Cc1ccc(CC(=O)CNC(=O)/C=C/CN(C)C)cc1. The topological polar surface area (TPSA) is 142 Å². The predicted octanol–water partition coefficient (Wildman–Crippen LogP) is 2.89. The second kappa shape index (κ2) is 15.5. The van der Waals surface area contributed by atoms with Crippen molar-refractivity contribution in [1.29, 1.82) is 0 Å². The number of Topliss-reactive ketones (excluding diaryl/α,β-unsaturated/α-hetero) is 1. The van der Waals surface area contributed by atoms with Crippen LogP contribution in [0.1, 0.15) is 40.4 Å². The lowest BCUT2D eigenvalue weighted by Gasteiger charge is -2.10. The van der Waals surface area contributed by atoms with Gasteiger partial charge in [-0.3, -0.25) is 14.4 Å². The maximum absolute atomic E-state index is 12.3. The van der Waals surface area contributed by atoms with E-state index >= 15 is 0 Å². The van der Waals surface area contributed by atoms with Crippen LogP contribution in [-0.2, 0) is 16.0 Å². The number of hydrogen-bond acceptors (Lipinski definition) is 8. The van der Waals surface area contributed by atoms with E-state index in [4.69, 9.17) is 5.73 Å². The number of benzene rings is 2. The van der Waals surface area contributed by atoms with Gasteiger partial charge < -0.3 is 26.6 Å². The molecular weight excluding hydrogens is 518 g/mol. The van der Waals surface area contributed by atoms with Crippen molar-refractivity contribution < 1.29 is 14.4 Å². The van der Waals surface area contributed by atoms with Gasteiger partial charge in [-0.05, 0) is 62.5 Å². The van der Waals surface area contributed by atoms with Crippen LogP contribution >= 0.6 is 0 Å². The Bertz CT molecular complexity index is 1440. The number of nitrogens with zero attached hydrogens (tertiary/aromatic N) is 3. The zero-order valence-corrected chi connectivity index (χ0v) is 23.5. The first-order chi connectivity index (χ1) is 19.7. The van der Waals surface area contributed by atoms with Crippen molar-refractivity contribution in [2.75, 3.05) is 44.4 Å². The summed E-state index contributed by atoms with van der Waals surface area (Å²) < 4.78 is 0. The second-order valence-electron chi connectivity index (χ2n) is 9.49. The van der Waals surface area contributed by atoms with E-state index in [1.54, 1.807) is 36.5 Å². The Labute approximate surface area is 240 Å². The van der Waals surface area contributed by atoms with E-state index in [2.05, 4.69) is 44.7 Å². The third-order valence-electron chi connectivity index (χ3n) is 5.65. The normalized spacial score (nSPS) is 10.6. The number of hydrogen-bond donors (Lipinski definition) is 4. The maximum Gasteiger partial charge on any atom is 0.248 e. The Morgan fingerprint density at radius 1 is 1.02 bits per heavy atom. The first kappa shape index (κ1) is 30.5. The lowest BCUT2D eigenvalue weighted by molar-refractivity contribution is -0.122. The zero-order valence-electron chi connectivity index (χ0n) is 23.5. The van der Waals surface area contributed by atoms with E-state index in [1.165, 1.54) is 6.08 Å². The fourth-order valence-corrected chi connectivity index (χ4v) is 3.51. The summed E-state index contributed by atoms with van der Waals surface area (Å²) in [6.07, 6.45) is 5.95. The summed E-state index contributed by atoms with van der Waals surface area (Å²) >= 11 is 0. The summed E-state index contributed by atoms with van der Waals surface area (Å²) in [6.45, 7) is 3.40. The summed E-state index contributed by atoms with van der Waals surface area (Å²) in [7, 11) is 3.82. The maximum atomic E-state index is 12.3. The molecule has 0 spiro atoms. The van der Waals surface area contributed by atoms with Crippen molar-refractivity contribution in [3.05, 3.63) is 89.1 Å². The van der Waals surface area contributed by atoms with Crippen molar-refractivity contribution in [1.82, 2.24) is 20.2 Å². The van der Waals surface area contributed by atoms with Crippen molar-refractivity contribution in [3.8, 4) is 11.8 Å². The number of primary amides is 1. The van der Waals surface area contributed by atoms with Crippen LogP contribution < -0.4 is 21.7 Å². The molecule has 1 aromatic heterocycles. The Morgan fingerprint density at radius 2 is 1.76 bits per heavy atom. The van der Waals surface area contributed by atoms with E-state index in [9.17, 15) is 14.4 Å². The highest BCUT2D eigenvalue weighted by Gasteiger charge is 2.08. The Kier molecular flexibility index (Phi) is 11.6. The number of nitrogens with two attached hydrogens (primary N) is 1. The van der Waals surface area contributed by atoms with E-state index in [0.29, 0.717) is 41.7 Å². The van der Waals surface area contributed by atoms with Crippen LogP contribution in [0.2, 0.25) is 0 Å². The molecule has 2 aromatic carbocycles. The fourth-order valence-electron chi connectivity index (χ4n) is 3.51. The molecule has 0 aliphatic carbocycles. The summed E-state index contributed by atoms with van der Waals surface area (Å²) in [5, 5.41) is 9.02. The van der Waals surface area contributed by atoms with Crippen LogP contribution in [0.3, 0.4) is 0 Å². The molecule has 1 heterocycles. The number of rotatable bonds is 13. The van der Waals surface area contributed by atoms with Gasteiger partial charge in [0.15, 0.2) is 5.78 Å². The molecule has 41 heavy (non-hydrogen) atoms. The number of aromatic nitrogens is 2. The van der Waals surface area contributed by atoms with Gasteiger partial charge in [-0.15, -0.1) is 0 Å². The smallest absolute Gasteiger partial charge is 0.248 e. The van der Waals surface area contributed by atoms with Gasteiger partial charge in [0, 0.05) is 42.4 Å². The van der Waals surface area contributed by atoms with Crippen LogP contribution in [0.5, 0.6) is 0 Å². The second-order valence-corrected chi connectivity index (χ2v) is 9.49. The summed E-state index contributed by atoms with van der Waals surface area (Å²) in [5.74, 6) is 6.38. The highest BCUT2D eigenvalue weighted by atomic mass is 16.2. The van der Waals surface area contributed by atoms with Crippen molar-refractivity contribution in [2.45, 2.75) is 19.8 Å². The molecule has 0 fully saturated rings. The molecule has 0 radical (unpaired) electrons. The molecule has 0 saturated carbocycles. The molecule has 0 aliphatic heterocycles. The van der Waals surface area contributed by atoms with Crippen molar-refractivity contribution >= 4 is 35.1 Å². The lowest BCUT2D eigenvalue weighted by atomic mass is 10.1. The van der Waals surface area contributed by atoms with Crippen molar-refractivity contribution in [3.63, 3.8) is 0 Å². The average Bonchev–Trinajstić information content (AvgIpc) is 2.95. The molecule has 2 amide bonds. The number of likely N-dealkylation sites (N-methyl/N-ethyl adjacent to an activating group) is 1. The predicted molar refractivity (Wildman–Crippen MR) is 161 cm³/mol. The number of carbonyl (C=O) groups is 3. The van der Waals surface area contributed by atoms with Crippen LogP contribution in [0.25, 0.3) is 0 Å². The number of nitrogens with one attached hydrogen (secondary N) is 3. The molecule has 0 aliphatic rings. The third kappa shape index (κ3) is 10.6. The molecule has 212 valence electrons. The molecular formula is C31H35N7O3. The molecule has 0 bridgehead atoms. The van der Waals surface area contributed by atoms with Gasteiger partial charge in [-0.2, -0.15) is 4.98 Å². The van der Waals surface area contributed by atoms with Crippen molar-refractivity contribution in [2.24, 2.45) is 5.73 Å². The Hall–Kier alpha value is -5.01. The Balaban J connectivity index is 1.62. The molecule has 0 saturated heterocycles. The molecule has 0 atom stereocenters. The minimum absolute atomic E-state index is 0.0240. The quantitative estimate of drug-likeness (QED) is 0.187. The van der Waals surface area contributed by atoms with Crippen LogP contribution in [0, 0.1) is 11.8 Å². The molecule has 3 rings (SSSR count). The highest BCUT2D eigenvalue weighted by Crippen LogP contribution is 2.18. The van der Waals surface area contributed by atoms with Gasteiger partial charge in [0.1, 0.15) is 5.82 Å². The van der Waals surface area contributed by atoms with Gasteiger partial charge in [-0.25, -0.2) is 4.98 Å². The third-order valence-corrected chi connectivity index (χ3v) is 5.65. The van der Waals surface area contributed by atoms with Gasteiger partial charge in [0.2, 0.25) is 17.8 Å². The molecule has 10 heteroatoms. The summed E-state index contributed by atoms with van der Waals surface area (Å²) in [6, 6.07) is 14.1. The molecule has 3 aromatic rings. The van der Waals surface area contributed by atoms with E-state index < -0.39 is 5.91 Å². The monoisotopic (exact) mass is 553 g/mol. The minimum atomic E-state index is -0.491.